The number of amides is 1. The number of nitrogens with zero attached hydrogens (tertiary/aromatic N) is 2. The third-order valence-corrected chi connectivity index (χ3v) is 5.83. The number of benzene rings is 1. The van der Waals surface area contributed by atoms with E-state index in [1.165, 1.54) is 18.4 Å². The minimum absolute atomic E-state index is 0.00898. The first-order chi connectivity index (χ1) is 12.5. The highest BCUT2D eigenvalue weighted by atomic mass is 35.5. The Labute approximate surface area is 161 Å². The first-order valence-corrected chi connectivity index (χ1v) is 9.92. The molecular weight excluding hydrogens is 372 g/mol. The largest absolute Gasteiger partial charge is 0.464 e. The third-order valence-electron chi connectivity index (χ3n) is 4.75. The lowest BCUT2D eigenvalue weighted by Crippen LogP contribution is -2.41. The van der Waals surface area contributed by atoms with E-state index >= 15 is 0 Å². The van der Waals surface area contributed by atoms with Crippen molar-refractivity contribution in [2.75, 3.05) is 12.0 Å². The zero-order valence-corrected chi connectivity index (χ0v) is 16.3. The monoisotopic (exact) mass is 392 g/mol. The van der Waals surface area contributed by atoms with Gasteiger partial charge in [-0.15, -0.1) is 11.3 Å². The average Bonchev–Trinajstić information content (AvgIpc) is 3.31. The van der Waals surface area contributed by atoms with E-state index in [1.807, 2.05) is 25.1 Å². The van der Waals surface area contributed by atoms with Gasteiger partial charge in [0.1, 0.15) is 0 Å². The second-order valence-corrected chi connectivity index (χ2v) is 7.56. The maximum absolute atomic E-state index is 12.7. The normalized spacial score (nSPS) is 19.3. The number of halogens is 1. The predicted molar refractivity (Wildman–Crippen MR) is 103 cm³/mol. The number of aromatic nitrogens is 1. The number of carbonyl (C=O) groups is 2. The van der Waals surface area contributed by atoms with Crippen molar-refractivity contribution in [2.45, 2.75) is 44.6 Å². The predicted octanol–water partition coefficient (Wildman–Crippen LogP) is 4.66. The highest BCUT2D eigenvalue weighted by Gasteiger charge is 2.37. The molecule has 1 aliphatic carbocycles. The van der Waals surface area contributed by atoms with Crippen molar-refractivity contribution >= 4 is 39.9 Å². The van der Waals surface area contributed by atoms with Gasteiger partial charge in [0, 0.05) is 28.8 Å². The number of thiazole rings is 1. The summed E-state index contributed by atoms with van der Waals surface area (Å²) in [6.45, 7) is 1.84. The fourth-order valence-corrected chi connectivity index (χ4v) is 4.62. The highest BCUT2D eigenvalue weighted by molar-refractivity contribution is 7.14. The molecule has 0 aliphatic heterocycles. The van der Waals surface area contributed by atoms with Crippen LogP contribution in [0.1, 0.15) is 54.6 Å². The Kier molecular flexibility index (Phi) is 5.94. The summed E-state index contributed by atoms with van der Waals surface area (Å²) in [6.07, 6.45) is 3.31. The Morgan fingerprint density at radius 2 is 2.19 bits per heavy atom. The molecule has 26 heavy (non-hydrogen) atoms. The number of esters is 1. The SMILES string of the molecule is CCC(=O)N(c1nc(C(=O)OC)cs1)C1CCCC1c1cccc(Cl)c1. The number of rotatable bonds is 5. The van der Waals surface area contributed by atoms with E-state index in [9.17, 15) is 9.59 Å². The fraction of sp³-hybridized carbons (Fsp3) is 0.421. The van der Waals surface area contributed by atoms with Gasteiger partial charge in [-0.3, -0.25) is 9.69 Å². The Morgan fingerprint density at radius 3 is 2.88 bits per heavy atom. The Hall–Kier alpha value is -1.92. The van der Waals surface area contributed by atoms with Crippen molar-refractivity contribution in [3.63, 3.8) is 0 Å². The molecule has 1 saturated carbocycles. The standard InChI is InChI=1S/C19H21ClN2O3S/c1-3-17(23)22(19-21-15(11-26-19)18(24)25-2)16-9-5-8-14(16)12-6-4-7-13(20)10-12/h4,6-7,10-11,14,16H,3,5,8-9H2,1-2H3. The molecule has 1 fully saturated rings. The molecule has 1 amide bonds. The van der Waals surface area contributed by atoms with Crippen molar-refractivity contribution in [2.24, 2.45) is 0 Å². The van der Waals surface area contributed by atoms with E-state index in [1.54, 1.807) is 10.3 Å². The summed E-state index contributed by atoms with van der Waals surface area (Å²) in [5.74, 6) is -0.279. The molecule has 3 rings (SSSR count). The quantitative estimate of drug-likeness (QED) is 0.694. The molecule has 1 aromatic heterocycles. The van der Waals surface area contributed by atoms with Crippen LogP contribution in [-0.2, 0) is 9.53 Å². The summed E-state index contributed by atoms with van der Waals surface area (Å²) in [6, 6.07) is 7.84. The second-order valence-electron chi connectivity index (χ2n) is 6.28. The van der Waals surface area contributed by atoms with Gasteiger partial charge in [0.05, 0.1) is 7.11 Å². The number of hydrogen-bond acceptors (Lipinski definition) is 5. The second kappa shape index (κ2) is 8.18. The lowest BCUT2D eigenvalue weighted by molar-refractivity contribution is -0.118. The van der Waals surface area contributed by atoms with Crippen LogP contribution in [0.15, 0.2) is 29.6 Å². The molecule has 0 saturated heterocycles. The van der Waals surface area contributed by atoms with Crippen LogP contribution >= 0.6 is 22.9 Å². The molecule has 7 heteroatoms. The van der Waals surface area contributed by atoms with E-state index in [0.29, 0.717) is 16.6 Å². The van der Waals surface area contributed by atoms with Crippen molar-refractivity contribution in [3.8, 4) is 0 Å². The van der Waals surface area contributed by atoms with Crippen LogP contribution in [0.5, 0.6) is 0 Å². The van der Waals surface area contributed by atoms with Crippen LogP contribution in [0.4, 0.5) is 5.13 Å². The summed E-state index contributed by atoms with van der Waals surface area (Å²) in [5.41, 5.74) is 1.37. The highest BCUT2D eigenvalue weighted by Crippen LogP contribution is 2.41. The smallest absolute Gasteiger partial charge is 0.357 e. The molecule has 2 aromatic rings. The van der Waals surface area contributed by atoms with E-state index in [0.717, 1.165) is 24.8 Å². The average molecular weight is 393 g/mol. The van der Waals surface area contributed by atoms with Crippen molar-refractivity contribution in [1.29, 1.82) is 0 Å². The van der Waals surface area contributed by atoms with Gasteiger partial charge in [0.25, 0.3) is 0 Å². The summed E-state index contributed by atoms with van der Waals surface area (Å²) < 4.78 is 4.73. The Balaban J connectivity index is 1.95. The molecule has 1 heterocycles. The molecule has 0 N–H and O–H groups in total. The van der Waals surface area contributed by atoms with Gasteiger partial charge in [-0.05, 0) is 30.5 Å². The lowest BCUT2D eigenvalue weighted by atomic mass is 9.93. The van der Waals surface area contributed by atoms with Crippen molar-refractivity contribution < 1.29 is 14.3 Å². The third kappa shape index (κ3) is 3.76. The van der Waals surface area contributed by atoms with Crippen LogP contribution in [-0.4, -0.2) is 30.0 Å². The topological polar surface area (TPSA) is 59.5 Å². The van der Waals surface area contributed by atoms with Crippen LogP contribution in [0, 0.1) is 0 Å². The molecule has 138 valence electrons. The number of carbonyl (C=O) groups excluding carboxylic acids is 2. The lowest BCUT2D eigenvalue weighted by Gasteiger charge is -2.31. The number of methoxy groups -OCH3 is 1. The van der Waals surface area contributed by atoms with E-state index in [-0.39, 0.29) is 23.6 Å². The molecule has 2 atom stereocenters. The summed E-state index contributed by atoms with van der Waals surface area (Å²) >= 11 is 7.47. The van der Waals surface area contributed by atoms with E-state index < -0.39 is 5.97 Å². The van der Waals surface area contributed by atoms with Crippen LogP contribution in [0.2, 0.25) is 5.02 Å². The molecule has 0 radical (unpaired) electrons. The first kappa shape index (κ1) is 18.9. The molecule has 2 unspecified atom stereocenters. The summed E-state index contributed by atoms with van der Waals surface area (Å²) in [7, 11) is 1.32. The van der Waals surface area contributed by atoms with E-state index in [4.69, 9.17) is 16.3 Å². The Bertz CT molecular complexity index is 808. The van der Waals surface area contributed by atoms with Gasteiger partial charge in [0.15, 0.2) is 10.8 Å². The van der Waals surface area contributed by atoms with Gasteiger partial charge in [-0.25, -0.2) is 9.78 Å². The molecule has 5 nitrogen and oxygen atoms in total. The van der Waals surface area contributed by atoms with Gasteiger partial charge in [0.2, 0.25) is 5.91 Å². The summed E-state index contributed by atoms with van der Waals surface area (Å²) in [5, 5.41) is 2.89. The van der Waals surface area contributed by atoms with Gasteiger partial charge < -0.3 is 4.74 Å². The number of anilines is 1. The molecule has 1 aliphatic rings. The maximum Gasteiger partial charge on any atom is 0.357 e. The van der Waals surface area contributed by atoms with Gasteiger partial charge in [-0.2, -0.15) is 0 Å². The van der Waals surface area contributed by atoms with Crippen LogP contribution in [0.25, 0.3) is 0 Å². The van der Waals surface area contributed by atoms with Gasteiger partial charge >= 0.3 is 5.97 Å². The molecule has 1 aromatic carbocycles. The molecule has 0 bridgehead atoms. The van der Waals surface area contributed by atoms with Crippen LogP contribution < -0.4 is 4.90 Å². The zero-order chi connectivity index (χ0) is 18.7. The first-order valence-electron chi connectivity index (χ1n) is 8.66. The van der Waals surface area contributed by atoms with Crippen molar-refractivity contribution in [1.82, 2.24) is 4.98 Å². The molecule has 0 spiro atoms. The summed E-state index contributed by atoms with van der Waals surface area (Å²) in [4.78, 5) is 30.6. The number of hydrogen-bond donors (Lipinski definition) is 0. The fourth-order valence-electron chi connectivity index (χ4n) is 3.55. The Morgan fingerprint density at radius 1 is 1.38 bits per heavy atom. The maximum atomic E-state index is 12.7. The van der Waals surface area contributed by atoms with Crippen molar-refractivity contribution in [3.05, 3.63) is 45.9 Å². The minimum Gasteiger partial charge on any atom is -0.464 e. The molecular formula is C19H21ClN2O3S. The van der Waals surface area contributed by atoms with E-state index in [2.05, 4.69) is 11.1 Å². The van der Waals surface area contributed by atoms with Crippen LogP contribution in [0.3, 0.4) is 0 Å². The zero-order valence-electron chi connectivity index (χ0n) is 14.8. The van der Waals surface area contributed by atoms with Gasteiger partial charge in [-0.1, -0.05) is 37.1 Å². The number of ether oxygens (including phenoxy) is 1. The minimum atomic E-state index is -0.491.